The summed E-state index contributed by atoms with van der Waals surface area (Å²) in [5, 5.41) is 2.87. The van der Waals surface area contributed by atoms with Crippen LogP contribution in [0.2, 0.25) is 0 Å². The molecule has 2 fully saturated rings. The fourth-order valence-corrected chi connectivity index (χ4v) is 3.07. The lowest BCUT2D eigenvalue weighted by atomic mass is 9.98. The molecule has 2 saturated heterocycles. The summed E-state index contributed by atoms with van der Waals surface area (Å²) in [4.78, 5) is 38.4. The molecule has 1 aromatic rings. The molecule has 0 atom stereocenters. The molecule has 0 spiro atoms. The van der Waals surface area contributed by atoms with E-state index >= 15 is 0 Å². The van der Waals surface area contributed by atoms with Crippen molar-refractivity contribution in [1.82, 2.24) is 4.90 Å². The number of rotatable bonds is 3. The van der Waals surface area contributed by atoms with Crippen molar-refractivity contribution in [1.29, 1.82) is 0 Å². The van der Waals surface area contributed by atoms with Gasteiger partial charge in [0, 0.05) is 44.4 Å². The Morgan fingerprint density at radius 3 is 2.44 bits per heavy atom. The van der Waals surface area contributed by atoms with Gasteiger partial charge in [0.1, 0.15) is 0 Å². The minimum atomic E-state index is -1.27. The molecule has 2 aliphatic heterocycles. The van der Waals surface area contributed by atoms with Crippen molar-refractivity contribution in [3.05, 3.63) is 41.6 Å². The summed E-state index contributed by atoms with van der Waals surface area (Å²) < 4.78 is 10.1. The Morgan fingerprint density at radius 1 is 1.19 bits per heavy atom. The smallest absolute Gasteiger partial charge is 0.350 e. The van der Waals surface area contributed by atoms with Crippen molar-refractivity contribution in [3.63, 3.8) is 0 Å². The minimum Gasteiger partial charge on any atom is -0.419 e. The molecule has 0 bridgehead atoms. The van der Waals surface area contributed by atoms with Crippen molar-refractivity contribution >= 4 is 23.5 Å². The van der Waals surface area contributed by atoms with Gasteiger partial charge in [-0.25, -0.2) is 9.59 Å². The number of hydrogen-bond acceptors (Lipinski definition) is 6. The largest absolute Gasteiger partial charge is 0.419 e. The van der Waals surface area contributed by atoms with E-state index in [0.717, 1.165) is 25.9 Å². The lowest BCUT2D eigenvalue weighted by molar-refractivity contribution is -0.222. The van der Waals surface area contributed by atoms with Crippen LogP contribution >= 0.6 is 0 Å². The number of esters is 2. The highest BCUT2D eigenvalue weighted by Gasteiger charge is 2.38. The molecule has 0 saturated carbocycles. The average Bonchev–Trinajstić information content (AvgIpc) is 2.60. The van der Waals surface area contributed by atoms with Gasteiger partial charge < -0.3 is 19.7 Å². The van der Waals surface area contributed by atoms with Gasteiger partial charge in [0.05, 0.1) is 0 Å². The predicted molar refractivity (Wildman–Crippen MR) is 98.7 cm³/mol. The number of cyclic esters (lactones) is 2. The second-order valence-electron chi connectivity index (χ2n) is 7.44. The highest BCUT2D eigenvalue weighted by atomic mass is 16.7. The summed E-state index contributed by atoms with van der Waals surface area (Å²) >= 11 is 0. The molecule has 2 heterocycles. The summed E-state index contributed by atoms with van der Waals surface area (Å²) in [5.74, 6) is -2.15. The van der Waals surface area contributed by atoms with Crippen molar-refractivity contribution < 1.29 is 23.9 Å². The standard InChI is InChI=1S/C20H24N2O5/c1-13-7-9-22(10-8-13)17(23)14-5-4-6-15(11-14)21-12-16-18(24)26-20(2,3)27-19(16)25/h4-6,11-13,21H,7-10H2,1-3H3. The molecule has 0 radical (unpaired) electrons. The molecule has 144 valence electrons. The van der Waals surface area contributed by atoms with Crippen molar-refractivity contribution in [2.75, 3.05) is 18.4 Å². The predicted octanol–water partition coefficient (Wildman–Crippen LogP) is 2.69. The van der Waals surface area contributed by atoms with Gasteiger partial charge in [-0.1, -0.05) is 13.0 Å². The minimum absolute atomic E-state index is 0.0172. The monoisotopic (exact) mass is 372 g/mol. The van der Waals surface area contributed by atoms with Crippen molar-refractivity contribution in [3.8, 4) is 0 Å². The van der Waals surface area contributed by atoms with Gasteiger partial charge in [0.2, 0.25) is 0 Å². The van der Waals surface area contributed by atoms with Crippen LogP contribution in [0.5, 0.6) is 0 Å². The first-order valence-electron chi connectivity index (χ1n) is 9.08. The number of carbonyl (C=O) groups is 3. The maximum absolute atomic E-state index is 12.7. The zero-order valence-electron chi connectivity index (χ0n) is 15.8. The molecule has 2 aliphatic rings. The number of piperidine rings is 1. The highest BCUT2D eigenvalue weighted by molar-refractivity contribution is 6.15. The van der Waals surface area contributed by atoms with E-state index in [0.29, 0.717) is 17.2 Å². The average molecular weight is 372 g/mol. The number of amides is 1. The Balaban J connectivity index is 1.70. The third-order valence-corrected chi connectivity index (χ3v) is 4.68. The summed E-state index contributed by atoms with van der Waals surface area (Å²) in [6.07, 6.45) is 3.26. The van der Waals surface area contributed by atoms with Crippen LogP contribution in [0.1, 0.15) is 44.0 Å². The van der Waals surface area contributed by atoms with Crippen LogP contribution in [0.4, 0.5) is 5.69 Å². The molecule has 1 aromatic carbocycles. The van der Waals surface area contributed by atoms with Gasteiger partial charge in [0.25, 0.3) is 11.7 Å². The number of ether oxygens (including phenoxy) is 2. The molecule has 0 aliphatic carbocycles. The van der Waals surface area contributed by atoms with Crippen molar-refractivity contribution in [2.24, 2.45) is 5.92 Å². The van der Waals surface area contributed by atoms with E-state index in [-0.39, 0.29) is 11.5 Å². The van der Waals surface area contributed by atoms with Crippen LogP contribution in [-0.4, -0.2) is 41.6 Å². The SMILES string of the molecule is CC1CCN(C(=O)c2cccc(NC=C3C(=O)OC(C)(C)OC3=O)c2)CC1. The summed E-state index contributed by atoms with van der Waals surface area (Å²) in [5.41, 5.74) is 0.920. The Kier molecular flexibility index (Phi) is 5.21. The van der Waals surface area contributed by atoms with E-state index in [1.165, 1.54) is 20.0 Å². The molecule has 1 amide bonds. The molecule has 27 heavy (non-hydrogen) atoms. The first-order chi connectivity index (χ1) is 12.7. The summed E-state index contributed by atoms with van der Waals surface area (Å²) in [7, 11) is 0. The second kappa shape index (κ2) is 7.42. The Bertz CT molecular complexity index is 769. The number of anilines is 1. The number of nitrogens with one attached hydrogen (secondary N) is 1. The first-order valence-corrected chi connectivity index (χ1v) is 9.08. The third kappa shape index (κ3) is 4.48. The molecule has 1 N–H and O–H groups in total. The Labute approximate surface area is 158 Å². The normalized spacial score (nSPS) is 20.0. The van der Waals surface area contributed by atoms with Gasteiger partial charge in [-0.3, -0.25) is 4.79 Å². The van der Waals surface area contributed by atoms with Gasteiger partial charge in [-0.15, -0.1) is 0 Å². The van der Waals surface area contributed by atoms with E-state index in [1.807, 2.05) is 4.90 Å². The van der Waals surface area contributed by atoms with E-state index in [1.54, 1.807) is 24.3 Å². The lowest BCUT2D eigenvalue weighted by Crippen LogP contribution is -2.42. The van der Waals surface area contributed by atoms with Crippen LogP contribution in [0.3, 0.4) is 0 Å². The van der Waals surface area contributed by atoms with E-state index in [2.05, 4.69) is 12.2 Å². The first kappa shape index (κ1) is 18.9. The molecule has 0 unspecified atom stereocenters. The topological polar surface area (TPSA) is 84.9 Å². The fourth-order valence-electron chi connectivity index (χ4n) is 3.07. The summed E-state index contributed by atoms with van der Waals surface area (Å²) in [6.45, 7) is 6.69. The number of carbonyl (C=O) groups excluding carboxylic acids is 3. The lowest BCUT2D eigenvalue weighted by Gasteiger charge is -2.30. The van der Waals surface area contributed by atoms with Crippen LogP contribution in [0.15, 0.2) is 36.0 Å². The highest BCUT2D eigenvalue weighted by Crippen LogP contribution is 2.23. The molecular weight excluding hydrogens is 348 g/mol. The van der Waals surface area contributed by atoms with Gasteiger partial charge >= 0.3 is 11.9 Å². The van der Waals surface area contributed by atoms with Crippen LogP contribution in [0.25, 0.3) is 0 Å². The Hall–Kier alpha value is -2.83. The van der Waals surface area contributed by atoms with Gasteiger partial charge in [0.15, 0.2) is 5.57 Å². The number of benzene rings is 1. The van der Waals surface area contributed by atoms with Gasteiger partial charge in [-0.05, 0) is 37.0 Å². The van der Waals surface area contributed by atoms with E-state index in [4.69, 9.17) is 9.47 Å². The Morgan fingerprint density at radius 2 is 1.81 bits per heavy atom. The van der Waals surface area contributed by atoms with Gasteiger partial charge in [-0.2, -0.15) is 0 Å². The summed E-state index contributed by atoms with van der Waals surface area (Å²) in [6, 6.07) is 6.95. The maximum atomic E-state index is 12.7. The van der Waals surface area contributed by atoms with Crippen LogP contribution in [0, 0.1) is 5.92 Å². The fraction of sp³-hybridized carbons (Fsp3) is 0.450. The molecule has 7 heteroatoms. The number of nitrogens with zero attached hydrogens (tertiary/aromatic N) is 1. The third-order valence-electron chi connectivity index (χ3n) is 4.68. The molecular formula is C20H24N2O5. The zero-order valence-corrected chi connectivity index (χ0v) is 15.8. The molecule has 3 rings (SSSR count). The maximum Gasteiger partial charge on any atom is 0.350 e. The van der Waals surface area contributed by atoms with Crippen LogP contribution < -0.4 is 5.32 Å². The van der Waals surface area contributed by atoms with E-state index in [9.17, 15) is 14.4 Å². The van der Waals surface area contributed by atoms with Crippen LogP contribution in [-0.2, 0) is 19.1 Å². The van der Waals surface area contributed by atoms with Crippen molar-refractivity contribution in [2.45, 2.75) is 39.4 Å². The second-order valence-corrected chi connectivity index (χ2v) is 7.44. The number of likely N-dealkylation sites (tertiary alicyclic amines) is 1. The quantitative estimate of drug-likeness (QED) is 0.499. The zero-order chi connectivity index (χ0) is 19.6. The molecule has 7 nitrogen and oxygen atoms in total. The molecule has 0 aromatic heterocycles. The van der Waals surface area contributed by atoms with E-state index < -0.39 is 17.7 Å². The number of hydrogen-bond donors (Lipinski definition) is 1.